The van der Waals surface area contributed by atoms with Crippen molar-refractivity contribution < 1.29 is 9.53 Å². The maximum Gasteiger partial charge on any atom is 0.307 e. The molecule has 0 saturated heterocycles. The summed E-state index contributed by atoms with van der Waals surface area (Å²) in [5.41, 5.74) is 9.11. The Morgan fingerprint density at radius 1 is 1.09 bits per heavy atom. The number of allylic oxidation sites excluding steroid dienone is 2. The van der Waals surface area contributed by atoms with E-state index in [9.17, 15) is 4.79 Å². The number of ether oxygens (including phenoxy) is 1. The number of aryl methyl sites for hydroxylation is 1. The summed E-state index contributed by atoms with van der Waals surface area (Å²) in [6.45, 7) is 15.9. The van der Waals surface area contributed by atoms with Crippen LogP contribution in [0.3, 0.4) is 0 Å². The van der Waals surface area contributed by atoms with Gasteiger partial charge in [-0.3, -0.25) is 4.79 Å². The third-order valence-corrected chi connectivity index (χ3v) is 9.47. The first-order valence-electron chi connectivity index (χ1n) is 13.2. The predicted molar refractivity (Wildman–Crippen MR) is 133 cm³/mol. The number of fused-ring (bicyclic) bond motifs is 4. The highest BCUT2D eigenvalue weighted by molar-refractivity contribution is 5.82. The summed E-state index contributed by atoms with van der Waals surface area (Å²) in [7, 11) is 0. The molecular formula is C30H44O2. The SMILES string of the molecule is CC(=O)OC1=C2c3cc4c(c(C)c3CCC2(C)C(C(C)CCC(C)C(C)C)C1)CCCC4. The summed E-state index contributed by atoms with van der Waals surface area (Å²) in [6.07, 6.45) is 10.8. The van der Waals surface area contributed by atoms with Crippen molar-refractivity contribution in [1.82, 2.24) is 0 Å². The molecule has 0 fully saturated rings. The van der Waals surface area contributed by atoms with Crippen molar-refractivity contribution in [2.75, 3.05) is 0 Å². The highest BCUT2D eigenvalue weighted by atomic mass is 16.5. The first-order valence-corrected chi connectivity index (χ1v) is 13.2. The predicted octanol–water partition coefficient (Wildman–Crippen LogP) is 7.83. The van der Waals surface area contributed by atoms with Gasteiger partial charge in [0.25, 0.3) is 0 Å². The van der Waals surface area contributed by atoms with Crippen molar-refractivity contribution in [3.05, 3.63) is 39.6 Å². The van der Waals surface area contributed by atoms with Crippen LogP contribution in [0.15, 0.2) is 11.8 Å². The topological polar surface area (TPSA) is 26.3 Å². The number of hydrogen-bond donors (Lipinski definition) is 0. The van der Waals surface area contributed by atoms with E-state index in [4.69, 9.17) is 4.74 Å². The van der Waals surface area contributed by atoms with Crippen LogP contribution in [0, 0.1) is 36.0 Å². The van der Waals surface area contributed by atoms with Gasteiger partial charge >= 0.3 is 5.97 Å². The fourth-order valence-electron chi connectivity index (χ4n) is 7.05. The molecular weight excluding hydrogens is 392 g/mol. The van der Waals surface area contributed by atoms with Gasteiger partial charge in [0.05, 0.1) is 0 Å². The molecule has 32 heavy (non-hydrogen) atoms. The van der Waals surface area contributed by atoms with E-state index in [1.165, 1.54) is 67.2 Å². The number of carbonyl (C=O) groups excluding carboxylic acids is 1. The van der Waals surface area contributed by atoms with Gasteiger partial charge in [-0.05, 0) is 96.9 Å². The number of rotatable bonds is 6. The Kier molecular flexibility index (Phi) is 6.63. The maximum absolute atomic E-state index is 12.1. The van der Waals surface area contributed by atoms with Crippen LogP contribution in [0.1, 0.15) is 108 Å². The fourth-order valence-corrected chi connectivity index (χ4v) is 7.05. The lowest BCUT2D eigenvalue weighted by Gasteiger charge is -2.43. The van der Waals surface area contributed by atoms with E-state index in [0.29, 0.717) is 11.8 Å². The third kappa shape index (κ3) is 4.08. The van der Waals surface area contributed by atoms with Crippen LogP contribution in [-0.4, -0.2) is 5.97 Å². The van der Waals surface area contributed by atoms with Gasteiger partial charge in [0.2, 0.25) is 0 Å². The first-order chi connectivity index (χ1) is 15.1. The Morgan fingerprint density at radius 2 is 1.81 bits per heavy atom. The van der Waals surface area contributed by atoms with E-state index >= 15 is 0 Å². The Bertz CT molecular complexity index is 921. The van der Waals surface area contributed by atoms with Gasteiger partial charge in [-0.2, -0.15) is 0 Å². The van der Waals surface area contributed by atoms with Crippen molar-refractivity contribution in [1.29, 1.82) is 0 Å². The van der Waals surface area contributed by atoms with E-state index in [2.05, 4.69) is 47.6 Å². The Morgan fingerprint density at radius 3 is 2.50 bits per heavy atom. The van der Waals surface area contributed by atoms with Crippen LogP contribution in [0.2, 0.25) is 0 Å². The van der Waals surface area contributed by atoms with Gasteiger partial charge in [-0.1, -0.05) is 53.5 Å². The van der Waals surface area contributed by atoms with E-state index in [0.717, 1.165) is 30.4 Å². The molecule has 0 amide bonds. The van der Waals surface area contributed by atoms with Crippen LogP contribution in [-0.2, 0) is 28.8 Å². The lowest BCUT2D eigenvalue weighted by molar-refractivity contribution is -0.137. The van der Waals surface area contributed by atoms with Crippen LogP contribution < -0.4 is 0 Å². The quantitative estimate of drug-likeness (QED) is 0.425. The lowest BCUT2D eigenvalue weighted by atomic mass is 9.61. The molecule has 4 rings (SSSR count). The molecule has 4 atom stereocenters. The first kappa shape index (κ1) is 23.6. The second kappa shape index (κ2) is 8.99. The Balaban J connectivity index is 1.73. The molecule has 0 aliphatic heterocycles. The van der Waals surface area contributed by atoms with Crippen LogP contribution in [0.5, 0.6) is 0 Å². The van der Waals surface area contributed by atoms with E-state index in [-0.39, 0.29) is 11.4 Å². The van der Waals surface area contributed by atoms with Crippen LogP contribution in [0.25, 0.3) is 5.57 Å². The molecule has 4 unspecified atom stereocenters. The van der Waals surface area contributed by atoms with E-state index < -0.39 is 0 Å². The zero-order valence-corrected chi connectivity index (χ0v) is 21.6. The molecule has 1 aromatic carbocycles. The average Bonchev–Trinajstić information content (AvgIpc) is 3.03. The van der Waals surface area contributed by atoms with Crippen molar-refractivity contribution in [3.8, 4) is 0 Å². The summed E-state index contributed by atoms with van der Waals surface area (Å²) < 4.78 is 5.97. The highest BCUT2D eigenvalue weighted by Crippen LogP contribution is 2.61. The van der Waals surface area contributed by atoms with E-state index in [1.807, 2.05) is 0 Å². The molecule has 2 nitrogen and oxygen atoms in total. The van der Waals surface area contributed by atoms with Crippen molar-refractivity contribution in [2.45, 2.75) is 106 Å². The summed E-state index contributed by atoms with van der Waals surface area (Å²) in [6, 6.07) is 2.50. The minimum atomic E-state index is -0.168. The molecule has 0 N–H and O–H groups in total. The molecule has 3 aliphatic carbocycles. The summed E-state index contributed by atoms with van der Waals surface area (Å²) in [5, 5.41) is 0. The summed E-state index contributed by atoms with van der Waals surface area (Å²) in [5.74, 6) is 3.49. The minimum Gasteiger partial charge on any atom is -0.431 e. The monoisotopic (exact) mass is 436 g/mol. The van der Waals surface area contributed by atoms with Crippen molar-refractivity contribution >= 4 is 11.5 Å². The molecule has 0 saturated carbocycles. The second-order valence-electron chi connectivity index (χ2n) is 11.8. The molecule has 0 radical (unpaired) electrons. The third-order valence-electron chi connectivity index (χ3n) is 9.47. The maximum atomic E-state index is 12.1. The average molecular weight is 437 g/mol. The molecule has 2 heteroatoms. The molecule has 0 heterocycles. The smallest absolute Gasteiger partial charge is 0.307 e. The van der Waals surface area contributed by atoms with Gasteiger partial charge in [-0.15, -0.1) is 0 Å². The van der Waals surface area contributed by atoms with Gasteiger partial charge in [0.1, 0.15) is 5.76 Å². The largest absolute Gasteiger partial charge is 0.431 e. The van der Waals surface area contributed by atoms with Crippen molar-refractivity contribution in [2.24, 2.45) is 29.1 Å². The zero-order valence-electron chi connectivity index (χ0n) is 21.6. The van der Waals surface area contributed by atoms with Gasteiger partial charge < -0.3 is 4.74 Å². The van der Waals surface area contributed by atoms with Gasteiger partial charge in [0, 0.05) is 24.3 Å². The highest BCUT2D eigenvalue weighted by Gasteiger charge is 2.51. The number of benzene rings is 1. The van der Waals surface area contributed by atoms with Gasteiger partial charge in [-0.25, -0.2) is 0 Å². The van der Waals surface area contributed by atoms with Crippen LogP contribution >= 0.6 is 0 Å². The Labute approximate surface area is 196 Å². The van der Waals surface area contributed by atoms with Crippen molar-refractivity contribution in [3.63, 3.8) is 0 Å². The fraction of sp³-hybridized carbons (Fsp3) is 0.700. The van der Waals surface area contributed by atoms with Gasteiger partial charge in [0.15, 0.2) is 0 Å². The summed E-state index contributed by atoms with van der Waals surface area (Å²) in [4.78, 5) is 12.1. The molecule has 0 bridgehead atoms. The zero-order chi connectivity index (χ0) is 23.2. The number of esters is 1. The Hall–Kier alpha value is -1.57. The molecule has 0 spiro atoms. The lowest BCUT2D eigenvalue weighted by Crippen LogP contribution is -2.33. The normalized spacial score (nSPS) is 26.4. The molecule has 1 aromatic rings. The van der Waals surface area contributed by atoms with Crippen LogP contribution in [0.4, 0.5) is 0 Å². The second-order valence-corrected chi connectivity index (χ2v) is 11.8. The number of carbonyl (C=O) groups is 1. The molecule has 3 aliphatic rings. The standard InChI is InChI=1S/C30H44O2/c1-18(2)19(3)12-13-20(4)27-17-28(32-22(6)31)29-26-16-23-10-8-9-11-24(23)21(5)25(26)14-15-30(27,29)7/h16,18-20,27H,8-15,17H2,1-7H3. The van der Waals surface area contributed by atoms with E-state index in [1.54, 1.807) is 18.1 Å². The summed E-state index contributed by atoms with van der Waals surface area (Å²) >= 11 is 0. The number of hydrogen-bond acceptors (Lipinski definition) is 2. The molecule has 176 valence electrons. The molecule has 0 aromatic heterocycles. The minimum absolute atomic E-state index is 0.105.